The lowest BCUT2D eigenvalue weighted by atomic mass is 10.1. The average molecular weight is 385 g/mol. The van der Waals surface area contributed by atoms with Crippen molar-refractivity contribution in [1.82, 2.24) is 10.2 Å². The van der Waals surface area contributed by atoms with E-state index in [9.17, 15) is 4.79 Å². The van der Waals surface area contributed by atoms with Gasteiger partial charge in [0.1, 0.15) is 0 Å². The Bertz CT molecular complexity index is 650. The monoisotopic (exact) mass is 384 g/mol. The Balaban J connectivity index is 0.00000312. The van der Waals surface area contributed by atoms with Crippen molar-refractivity contribution < 1.29 is 14.3 Å². The van der Waals surface area contributed by atoms with Gasteiger partial charge in [0.25, 0.3) is 0 Å². The van der Waals surface area contributed by atoms with Gasteiger partial charge in [-0.05, 0) is 53.6 Å². The predicted octanol–water partition coefficient (Wildman–Crippen LogP) is 2.98. The SMILES string of the molecule is CNCC(=O)N(CCc1ccc(OC)c(OC)c1)Cc1ccsc1.Cl. The summed E-state index contributed by atoms with van der Waals surface area (Å²) < 4.78 is 10.6. The Morgan fingerprint density at radius 2 is 1.92 bits per heavy atom. The molecule has 1 N–H and O–H groups in total. The van der Waals surface area contributed by atoms with Gasteiger partial charge < -0.3 is 19.7 Å². The molecular formula is C18H25ClN2O3S. The number of thiophene rings is 1. The van der Waals surface area contributed by atoms with E-state index in [1.807, 2.05) is 28.5 Å². The largest absolute Gasteiger partial charge is 0.493 e. The van der Waals surface area contributed by atoms with Crippen LogP contribution in [0.3, 0.4) is 0 Å². The van der Waals surface area contributed by atoms with Crippen LogP contribution in [0.25, 0.3) is 0 Å². The van der Waals surface area contributed by atoms with Gasteiger partial charge >= 0.3 is 0 Å². The molecule has 25 heavy (non-hydrogen) atoms. The lowest BCUT2D eigenvalue weighted by molar-refractivity contribution is -0.130. The van der Waals surface area contributed by atoms with E-state index in [2.05, 4.69) is 16.8 Å². The van der Waals surface area contributed by atoms with Gasteiger partial charge in [0.05, 0.1) is 20.8 Å². The number of nitrogens with zero attached hydrogens (tertiary/aromatic N) is 1. The normalized spacial score (nSPS) is 10.0. The molecule has 0 atom stereocenters. The zero-order valence-electron chi connectivity index (χ0n) is 14.8. The molecule has 1 aromatic heterocycles. The first-order valence-electron chi connectivity index (χ1n) is 7.82. The Labute approximate surface area is 159 Å². The minimum absolute atomic E-state index is 0. The van der Waals surface area contributed by atoms with E-state index >= 15 is 0 Å². The van der Waals surface area contributed by atoms with Gasteiger partial charge in [0, 0.05) is 13.1 Å². The van der Waals surface area contributed by atoms with Gasteiger partial charge in [-0.3, -0.25) is 4.79 Å². The second kappa shape index (κ2) is 11.0. The third-order valence-electron chi connectivity index (χ3n) is 3.75. The fourth-order valence-corrected chi connectivity index (χ4v) is 3.12. The highest BCUT2D eigenvalue weighted by Crippen LogP contribution is 2.27. The second-order valence-electron chi connectivity index (χ2n) is 5.42. The summed E-state index contributed by atoms with van der Waals surface area (Å²) in [5.41, 5.74) is 2.27. The smallest absolute Gasteiger partial charge is 0.236 e. The number of hydrogen-bond acceptors (Lipinski definition) is 5. The molecular weight excluding hydrogens is 360 g/mol. The molecule has 2 aromatic rings. The topological polar surface area (TPSA) is 50.8 Å². The third-order valence-corrected chi connectivity index (χ3v) is 4.48. The third kappa shape index (κ3) is 6.23. The molecule has 0 bridgehead atoms. The summed E-state index contributed by atoms with van der Waals surface area (Å²) in [4.78, 5) is 14.2. The first-order chi connectivity index (χ1) is 11.7. The molecule has 1 amide bonds. The van der Waals surface area contributed by atoms with Gasteiger partial charge in [-0.25, -0.2) is 0 Å². The van der Waals surface area contributed by atoms with Gasteiger partial charge in [-0.15, -0.1) is 12.4 Å². The van der Waals surface area contributed by atoms with E-state index in [-0.39, 0.29) is 18.3 Å². The van der Waals surface area contributed by atoms with Crippen LogP contribution in [0, 0.1) is 0 Å². The van der Waals surface area contributed by atoms with E-state index in [1.165, 1.54) is 0 Å². The molecule has 2 rings (SSSR count). The summed E-state index contributed by atoms with van der Waals surface area (Å²) in [6, 6.07) is 7.92. The fraction of sp³-hybridized carbons (Fsp3) is 0.389. The van der Waals surface area contributed by atoms with Crippen molar-refractivity contribution in [3.05, 3.63) is 46.2 Å². The lowest BCUT2D eigenvalue weighted by Crippen LogP contribution is -2.37. The quantitative estimate of drug-likeness (QED) is 0.722. The zero-order chi connectivity index (χ0) is 17.4. The molecule has 0 spiro atoms. The number of ether oxygens (including phenoxy) is 2. The molecule has 1 aromatic carbocycles. The first kappa shape index (κ1) is 21.3. The summed E-state index contributed by atoms with van der Waals surface area (Å²) in [7, 11) is 5.03. The van der Waals surface area contributed by atoms with Crippen molar-refractivity contribution in [1.29, 1.82) is 0 Å². The fourth-order valence-electron chi connectivity index (χ4n) is 2.46. The molecule has 0 aliphatic carbocycles. The minimum Gasteiger partial charge on any atom is -0.493 e. The van der Waals surface area contributed by atoms with E-state index in [0.717, 1.165) is 17.5 Å². The number of methoxy groups -OCH3 is 2. The lowest BCUT2D eigenvalue weighted by Gasteiger charge is -2.22. The van der Waals surface area contributed by atoms with Crippen molar-refractivity contribution in [2.45, 2.75) is 13.0 Å². The Kier molecular flexibility index (Phi) is 9.34. The number of carbonyl (C=O) groups excluding carboxylic acids is 1. The highest BCUT2D eigenvalue weighted by atomic mass is 35.5. The van der Waals surface area contributed by atoms with E-state index in [1.54, 1.807) is 32.6 Å². The number of nitrogens with one attached hydrogen (secondary N) is 1. The molecule has 0 unspecified atom stereocenters. The molecule has 5 nitrogen and oxygen atoms in total. The van der Waals surface area contributed by atoms with Gasteiger partial charge in [-0.2, -0.15) is 11.3 Å². The van der Waals surface area contributed by atoms with E-state index < -0.39 is 0 Å². The summed E-state index contributed by atoms with van der Waals surface area (Å²) >= 11 is 1.65. The average Bonchev–Trinajstić information content (AvgIpc) is 3.11. The molecule has 1 heterocycles. The Hall–Kier alpha value is -1.76. The molecule has 0 aliphatic heterocycles. The second-order valence-corrected chi connectivity index (χ2v) is 6.20. The number of rotatable bonds is 9. The van der Waals surface area contributed by atoms with Crippen LogP contribution in [0.1, 0.15) is 11.1 Å². The minimum atomic E-state index is 0. The summed E-state index contributed by atoms with van der Waals surface area (Å²) in [6.45, 7) is 1.64. The number of amides is 1. The van der Waals surface area contributed by atoms with Crippen molar-refractivity contribution in [3.63, 3.8) is 0 Å². The van der Waals surface area contributed by atoms with Crippen LogP contribution in [0.5, 0.6) is 11.5 Å². The van der Waals surface area contributed by atoms with Crippen LogP contribution in [0.15, 0.2) is 35.0 Å². The van der Waals surface area contributed by atoms with Crippen LogP contribution in [0.2, 0.25) is 0 Å². The van der Waals surface area contributed by atoms with Crippen LogP contribution >= 0.6 is 23.7 Å². The van der Waals surface area contributed by atoms with Crippen molar-refractivity contribution in [3.8, 4) is 11.5 Å². The van der Waals surface area contributed by atoms with Crippen molar-refractivity contribution in [2.24, 2.45) is 0 Å². The number of likely N-dealkylation sites (N-methyl/N-ethyl adjacent to an activating group) is 1. The maximum atomic E-state index is 12.3. The van der Waals surface area contributed by atoms with E-state index in [4.69, 9.17) is 9.47 Å². The zero-order valence-corrected chi connectivity index (χ0v) is 16.4. The van der Waals surface area contributed by atoms with Crippen LogP contribution in [-0.2, 0) is 17.8 Å². The number of carbonyl (C=O) groups is 1. The number of halogens is 1. The van der Waals surface area contributed by atoms with E-state index in [0.29, 0.717) is 31.1 Å². The number of benzene rings is 1. The first-order valence-corrected chi connectivity index (χ1v) is 8.76. The van der Waals surface area contributed by atoms with Crippen molar-refractivity contribution >= 4 is 29.7 Å². The molecule has 0 aliphatic rings. The molecule has 138 valence electrons. The summed E-state index contributed by atoms with van der Waals surface area (Å²) in [6.07, 6.45) is 0.764. The van der Waals surface area contributed by atoms with Crippen LogP contribution < -0.4 is 14.8 Å². The van der Waals surface area contributed by atoms with Gasteiger partial charge in [-0.1, -0.05) is 6.07 Å². The highest BCUT2D eigenvalue weighted by Gasteiger charge is 2.14. The molecule has 0 fully saturated rings. The number of hydrogen-bond donors (Lipinski definition) is 1. The maximum Gasteiger partial charge on any atom is 0.236 e. The van der Waals surface area contributed by atoms with Crippen LogP contribution in [-0.4, -0.2) is 45.2 Å². The molecule has 7 heteroatoms. The Morgan fingerprint density at radius 1 is 1.16 bits per heavy atom. The Morgan fingerprint density at radius 3 is 2.52 bits per heavy atom. The molecule has 0 radical (unpaired) electrons. The predicted molar refractivity (Wildman–Crippen MR) is 104 cm³/mol. The standard InChI is InChI=1S/C18H24N2O3S.ClH/c1-19-11-18(21)20(12-15-7-9-24-13-15)8-6-14-4-5-16(22-2)17(10-14)23-3;/h4-5,7,9-10,13,19H,6,8,11-12H2,1-3H3;1H. The van der Waals surface area contributed by atoms with Crippen molar-refractivity contribution in [2.75, 3.05) is 34.4 Å². The molecule has 0 saturated carbocycles. The maximum absolute atomic E-state index is 12.3. The van der Waals surface area contributed by atoms with Gasteiger partial charge in [0.2, 0.25) is 5.91 Å². The van der Waals surface area contributed by atoms with Crippen LogP contribution in [0.4, 0.5) is 0 Å². The highest BCUT2D eigenvalue weighted by molar-refractivity contribution is 7.07. The summed E-state index contributed by atoms with van der Waals surface area (Å²) in [5.74, 6) is 1.52. The summed E-state index contributed by atoms with van der Waals surface area (Å²) in [5, 5.41) is 7.05. The molecule has 0 saturated heterocycles. The van der Waals surface area contributed by atoms with Gasteiger partial charge in [0.15, 0.2) is 11.5 Å².